The number of ether oxygens (including phenoxy) is 1. The zero-order valence-corrected chi connectivity index (χ0v) is 12.7. The van der Waals surface area contributed by atoms with Crippen molar-refractivity contribution in [1.82, 2.24) is 4.98 Å². The third kappa shape index (κ3) is 2.40. The minimum atomic E-state index is -1.46. The molecule has 0 bridgehead atoms. The maximum Gasteiger partial charge on any atom is 0.345 e. The van der Waals surface area contributed by atoms with Gasteiger partial charge >= 0.3 is 5.97 Å². The summed E-state index contributed by atoms with van der Waals surface area (Å²) in [7, 11) is 3.80. The van der Waals surface area contributed by atoms with Gasteiger partial charge in [0.05, 0.1) is 12.3 Å². The van der Waals surface area contributed by atoms with Crippen molar-refractivity contribution in [1.29, 1.82) is 0 Å². The number of carboxylic acid groups (broad SMARTS) is 1. The highest BCUT2D eigenvalue weighted by atomic mass is 16.5. The molecule has 23 heavy (non-hydrogen) atoms. The number of aromatic carboxylic acids is 1. The summed E-state index contributed by atoms with van der Waals surface area (Å²) in [6.07, 6.45) is 0.296. The largest absolute Gasteiger partial charge is 0.506 e. The van der Waals surface area contributed by atoms with Crippen LogP contribution in [0.4, 0.5) is 5.69 Å². The second-order valence-electron chi connectivity index (χ2n) is 5.51. The van der Waals surface area contributed by atoms with Crippen molar-refractivity contribution in [3.8, 4) is 22.8 Å². The topological polar surface area (TPSA) is 103 Å². The number of carbonyl (C=O) groups is 1. The Morgan fingerprint density at radius 3 is 2.74 bits per heavy atom. The highest BCUT2D eigenvalue weighted by molar-refractivity contribution is 5.92. The highest BCUT2D eigenvalue weighted by Gasteiger charge is 2.26. The maximum atomic E-state index is 12.0. The molecule has 7 nitrogen and oxygen atoms in total. The van der Waals surface area contributed by atoms with E-state index in [-0.39, 0.29) is 6.61 Å². The second kappa shape index (κ2) is 5.35. The molecule has 2 aromatic rings. The van der Waals surface area contributed by atoms with E-state index in [4.69, 9.17) is 9.84 Å². The predicted molar refractivity (Wildman–Crippen MR) is 84.6 cm³/mol. The first-order chi connectivity index (χ1) is 10.9. The van der Waals surface area contributed by atoms with Crippen LogP contribution >= 0.6 is 0 Å². The number of carboxylic acids is 1. The Bertz CT molecular complexity index is 854. The Morgan fingerprint density at radius 2 is 2.09 bits per heavy atom. The van der Waals surface area contributed by atoms with Crippen LogP contribution in [0, 0.1) is 0 Å². The number of aromatic nitrogens is 1. The van der Waals surface area contributed by atoms with Gasteiger partial charge in [0.15, 0.2) is 5.56 Å². The van der Waals surface area contributed by atoms with Gasteiger partial charge in [0, 0.05) is 43.4 Å². The van der Waals surface area contributed by atoms with Crippen LogP contribution in [0.1, 0.15) is 15.9 Å². The first-order valence-electron chi connectivity index (χ1n) is 7.06. The zero-order valence-electron chi connectivity index (χ0n) is 12.7. The Hall–Kier alpha value is -2.96. The summed E-state index contributed by atoms with van der Waals surface area (Å²) in [4.78, 5) is 27.7. The van der Waals surface area contributed by atoms with E-state index in [0.717, 1.165) is 5.69 Å². The fraction of sp³-hybridized carbons (Fsp3) is 0.250. The number of anilines is 1. The van der Waals surface area contributed by atoms with Crippen LogP contribution in [0.3, 0.4) is 0 Å². The lowest BCUT2D eigenvalue weighted by molar-refractivity contribution is 0.0691. The number of pyridine rings is 1. The van der Waals surface area contributed by atoms with Crippen LogP contribution in [-0.4, -0.2) is 41.9 Å². The van der Waals surface area contributed by atoms with Crippen molar-refractivity contribution in [3.05, 3.63) is 39.7 Å². The summed E-state index contributed by atoms with van der Waals surface area (Å²) < 4.78 is 5.71. The van der Waals surface area contributed by atoms with Crippen LogP contribution < -0.4 is 15.2 Å². The molecule has 0 radical (unpaired) electrons. The number of aromatic amines is 1. The molecular weight excluding hydrogens is 300 g/mol. The molecule has 0 atom stereocenters. The number of hydrogen-bond donors (Lipinski definition) is 3. The van der Waals surface area contributed by atoms with Crippen molar-refractivity contribution in [2.24, 2.45) is 0 Å². The normalized spacial score (nSPS) is 12.6. The lowest BCUT2D eigenvalue weighted by Crippen LogP contribution is -2.20. The molecule has 0 saturated heterocycles. The van der Waals surface area contributed by atoms with E-state index in [1.54, 1.807) is 6.07 Å². The molecule has 0 spiro atoms. The Balaban J connectivity index is 2.27. The summed E-state index contributed by atoms with van der Waals surface area (Å²) >= 11 is 0. The quantitative estimate of drug-likeness (QED) is 0.775. The van der Waals surface area contributed by atoms with Crippen molar-refractivity contribution >= 4 is 11.7 Å². The van der Waals surface area contributed by atoms with Crippen LogP contribution in [0.25, 0.3) is 11.3 Å². The Kier molecular flexibility index (Phi) is 3.48. The van der Waals surface area contributed by atoms with Crippen LogP contribution in [0.2, 0.25) is 0 Å². The molecule has 1 aliphatic rings. The molecule has 3 rings (SSSR count). The highest BCUT2D eigenvalue weighted by Crippen LogP contribution is 2.39. The van der Waals surface area contributed by atoms with Gasteiger partial charge in [-0.15, -0.1) is 0 Å². The second-order valence-corrected chi connectivity index (χ2v) is 5.51. The van der Waals surface area contributed by atoms with Crippen molar-refractivity contribution in [2.75, 3.05) is 25.6 Å². The monoisotopic (exact) mass is 316 g/mol. The molecular formula is C16H16N2O5. The fourth-order valence-corrected chi connectivity index (χ4v) is 2.68. The van der Waals surface area contributed by atoms with E-state index >= 15 is 0 Å². The smallest absolute Gasteiger partial charge is 0.345 e. The van der Waals surface area contributed by atoms with E-state index in [0.29, 0.717) is 29.0 Å². The number of benzene rings is 1. The summed E-state index contributed by atoms with van der Waals surface area (Å²) in [5, 5.41) is 19.3. The maximum absolute atomic E-state index is 12.0. The molecule has 1 aromatic carbocycles. The van der Waals surface area contributed by atoms with Crippen LogP contribution in [0.15, 0.2) is 23.0 Å². The molecule has 7 heteroatoms. The van der Waals surface area contributed by atoms with Crippen LogP contribution in [0.5, 0.6) is 11.5 Å². The summed E-state index contributed by atoms with van der Waals surface area (Å²) in [6, 6.07) is 5.48. The van der Waals surface area contributed by atoms with Gasteiger partial charge < -0.3 is 24.8 Å². The number of fused-ring (bicyclic) bond motifs is 3. The van der Waals surface area contributed by atoms with E-state index in [9.17, 15) is 14.7 Å². The van der Waals surface area contributed by atoms with Gasteiger partial charge in [0.2, 0.25) is 0 Å². The lowest BCUT2D eigenvalue weighted by atomic mass is 10.0. The average Bonchev–Trinajstić information content (AvgIpc) is 2.66. The Labute approximate surface area is 131 Å². The van der Waals surface area contributed by atoms with E-state index < -0.39 is 22.8 Å². The average molecular weight is 316 g/mol. The van der Waals surface area contributed by atoms with Crippen LogP contribution in [-0.2, 0) is 6.42 Å². The predicted octanol–water partition coefficient (Wildman–Crippen LogP) is 1.45. The number of hydrogen-bond acceptors (Lipinski definition) is 5. The SMILES string of the molecule is CN(C)c1ccc2c(c1)OCCc1c-2[nH]c(=O)c(C(=O)O)c1O. The summed E-state index contributed by atoms with van der Waals surface area (Å²) in [5.41, 5.74) is 0.845. The van der Waals surface area contributed by atoms with E-state index in [1.807, 2.05) is 31.1 Å². The van der Waals surface area contributed by atoms with Crippen molar-refractivity contribution < 1.29 is 19.7 Å². The molecule has 0 saturated carbocycles. The number of nitrogens with zero attached hydrogens (tertiary/aromatic N) is 1. The molecule has 0 fully saturated rings. The number of H-pyrrole nitrogens is 1. The molecule has 120 valence electrons. The summed E-state index contributed by atoms with van der Waals surface area (Å²) in [5.74, 6) is -1.38. The molecule has 0 unspecified atom stereocenters. The van der Waals surface area contributed by atoms with E-state index in [1.165, 1.54) is 0 Å². The Morgan fingerprint density at radius 1 is 1.35 bits per heavy atom. The minimum absolute atomic E-state index is 0.273. The number of aromatic hydroxyl groups is 1. The molecule has 1 aliphatic heterocycles. The van der Waals surface area contributed by atoms with Gasteiger partial charge in [-0.25, -0.2) is 4.79 Å². The first kappa shape index (κ1) is 15.0. The molecule has 2 heterocycles. The van der Waals surface area contributed by atoms with Gasteiger partial charge in [-0.3, -0.25) is 4.79 Å². The van der Waals surface area contributed by atoms with Crippen molar-refractivity contribution in [3.63, 3.8) is 0 Å². The third-order valence-electron chi connectivity index (χ3n) is 3.86. The molecule has 1 aromatic heterocycles. The lowest BCUT2D eigenvalue weighted by Gasteiger charge is -2.16. The number of rotatable bonds is 2. The van der Waals surface area contributed by atoms with Gasteiger partial charge in [-0.2, -0.15) is 0 Å². The first-order valence-corrected chi connectivity index (χ1v) is 7.06. The molecule has 0 amide bonds. The molecule has 0 aliphatic carbocycles. The minimum Gasteiger partial charge on any atom is -0.506 e. The standard InChI is InChI=1S/C16H16N2O5/c1-18(2)8-3-4-9-11(7-8)23-6-5-10-13(9)17-15(20)12(14(10)19)16(21)22/h3-4,7H,5-6H2,1-2H3,(H,21,22)(H2,17,19,20). The van der Waals surface area contributed by atoms with Gasteiger partial charge in [-0.1, -0.05) is 0 Å². The fourth-order valence-electron chi connectivity index (χ4n) is 2.68. The van der Waals surface area contributed by atoms with Gasteiger partial charge in [0.25, 0.3) is 5.56 Å². The summed E-state index contributed by atoms with van der Waals surface area (Å²) in [6.45, 7) is 0.273. The van der Waals surface area contributed by atoms with E-state index in [2.05, 4.69) is 4.98 Å². The van der Waals surface area contributed by atoms with Gasteiger partial charge in [-0.05, 0) is 12.1 Å². The van der Waals surface area contributed by atoms with Gasteiger partial charge in [0.1, 0.15) is 11.5 Å². The van der Waals surface area contributed by atoms with Crippen molar-refractivity contribution in [2.45, 2.75) is 6.42 Å². The third-order valence-corrected chi connectivity index (χ3v) is 3.86. The number of nitrogens with one attached hydrogen (secondary N) is 1. The molecule has 3 N–H and O–H groups in total. The zero-order chi connectivity index (χ0) is 16.7.